The second-order valence-electron chi connectivity index (χ2n) is 7.75. The SMILES string of the molecule is CC(C)(C)OC(=O)NCc1ccc2c(c1)C(=O)N(C1CCC(=O)NC1=O)C2. The molecule has 1 atom stereocenters. The van der Waals surface area contributed by atoms with Gasteiger partial charge in [0.2, 0.25) is 11.8 Å². The number of hydrogen-bond acceptors (Lipinski definition) is 5. The number of carbonyl (C=O) groups is 4. The van der Waals surface area contributed by atoms with E-state index < -0.39 is 23.6 Å². The number of hydrogen-bond donors (Lipinski definition) is 2. The minimum Gasteiger partial charge on any atom is -0.444 e. The molecule has 4 amide bonds. The largest absolute Gasteiger partial charge is 0.444 e. The van der Waals surface area contributed by atoms with Crippen molar-refractivity contribution >= 4 is 23.8 Å². The summed E-state index contributed by atoms with van der Waals surface area (Å²) in [6.07, 6.45) is 0.0264. The Kier molecular flexibility index (Phi) is 4.91. The van der Waals surface area contributed by atoms with E-state index in [-0.39, 0.29) is 24.8 Å². The van der Waals surface area contributed by atoms with E-state index in [2.05, 4.69) is 10.6 Å². The average molecular weight is 373 g/mol. The summed E-state index contributed by atoms with van der Waals surface area (Å²) in [5, 5.41) is 4.94. The number of fused-ring (bicyclic) bond motifs is 1. The first-order chi connectivity index (χ1) is 12.6. The van der Waals surface area contributed by atoms with Crippen LogP contribution in [0, 0.1) is 0 Å². The minimum absolute atomic E-state index is 0.224. The molecule has 0 aromatic heterocycles. The first-order valence-electron chi connectivity index (χ1n) is 8.87. The van der Waals surface area contributed by atoms with Crippen molar-refractivity contribution in [1.82, 2.24) is 15.5 Å². The molecule has 8 heteroatoms. The summed E-state index contributed by atoms with van der Waals surface area (Å²) in [5.74, 6) is -0.978. The summed E-state index contributed by atoms with van der Waals surface area (Å²) in [5.41, 5.74) is 1.52. The fourth-order valence-electron chi connectivity index (χ4n) is 3.20. The van der Waals surface area contributed by atoms with Crippen LogP contribution < -0.4 is 10.6 Å². The van der Waals surface area contributed by atoms with Gasteiger partial charge in [-0.05, 0) is 44.4 Å². The zero-order valence-electron chi connectivity index (χ0n) is 15.6. The topological polar surface area (TPSA) is 105 Å². The van der Waals surface area contributed by atoms with Gasteiger partial charge in [-0.15, -0.1) is 0 Å². The standard InChI is InChI=1S/C19H23N3O5/c1-19(2,3)27-18(26)20-9-11-4-5-12-10-22(17(25)13(12)8-11)14-6-7-15(23)21-16(14)24/h4-5,8,14H,6-7,9-10H2,1-3H3,(H,20,26)(H,21,23,24). The van der Waals surface area contributed by atoms with Crippen LogP contribution in [-0.2, 0) is 27.4 Å². The summed E-state index contributed by atoms with van der Waals surface area (Å²) in [7, 11) is 0. The van der Waals surface area contributed by atoms with Gasteiger partial charge < -0.3 is 15.0 Å². The van der Waals surface area contributed by atoms with Gasteiger partial charge in [-0.25, -0.2) is 4.79 Å². The number of imide groups is 1. The lowest BCUT2D eigenvalue weighted by Crippen LogP contribution is -2.52. The van der Waals surface area contributed by atoms with Crippen molar-refractivity contribution < 1.29 is 23.9 Å². The van der Waals surface area contributed by atoms with Crippen LogP contribution in [0.25, 0.3) is 0 Å². The Labute approximate surface area is 157 Å². The highest BCUT2D eigenvalue weighted by molar-refractivity contribution is 6.05. The molecule has 2 aliphatic rings. The first kappa shape index (κ1) is 18.9. The van der Waals surface area contributed by atoms with Gasteiger partial charge >= 0.3 is 6.09 Å². The molecule has 1 fully saturated rings. The number of nitrogens with one attached hydrogen (secondary N) is 2. The Morgan fingerprint density at radius 3 is 2.70 bits per heavy atom. The summed E-state index contributed by atoms with van der Waals surface area (Å²) >= 11 is 0. The molecule has 1 aromatic rings. The number of piperidine rings is 1. The normalized spacial score (nSPS) is 19.6. The summed E-state index contributed by atoms with van der Waals surface area (Å²) in [6, 6.07) is 4.75. The van der Waals surface area contributed by atoms with Crippen LogP contribution in [0.1, 0.15) is 55.1 Å². The molecule has 0 saturated carbocycles. The monoisotopic (exact) mass is 373 g/mol. The van der Waals surface area contributed by atoms with Gasteiger partial charge in [0.15, 0.2) is 0 Å². The molecule has 3 rings (SSSR count). The molecule has 2 aliphatic heterocycles. The average Bonchev–Trinajstić information content (AvgIpc) is 2.88. The Hall–Kier alpha value is -2.90. The quantitative estimate of drug-likeness (QED) is 0.781. The van der Waals surface area contributed by atoms with Gasteiger partial charge in [0.05, 0.1) is 0 Å². The van der Waals surface area contributed by atoms with E-state index in [0.717, 1.165) is 11.1 Å². The fraction of sp³-hybridized carbons (Fsp3) is 0.474. The maximum atomic E-state index is 12.8. The van der Waals surface area contributed by atoms with Crippen LogP contribution in [-0.4, -0.2) is 40.4 Å². The zero-order valence-corrected chi connectivity index (χ0v) is 15.6. The van der Waals surface area contributed by atoms with Crippen molar-refractivity contribution in [3.63, 3.8) is 0 Å². The highest BCUT2D eigenvalue weighted by Gasteiger charge is 2.39. The number of benzene rings is 1. The van der Waals surface area contributed by atoms with Gasteiger partial charge in [0.1, 0.15) is 11.6 Å². The zero-order chi connectivity index (χ0) is 19.8. The third-order valence-corrected chi connectivity index (χ3v) is 4.43. The van der Waals surface area contributed by atoms with Crippen LogP contribution in [0.3, 0.4) is 0 Å². The first-order valence-corrected chi connectivity index (χ1v) is 8.87. The fourth-order valence-corrected chi connectivity index (χ4v) is 3.20. The number of rotatable bonds is 3. The van der Waals surface area contributed by atoms with Crippen LogP contribution in [0.4, 0.5) is 4.79 Å². The lowest BCUT2D eigenvalue weighted by atomic mass is 10.0. The molecule has 0 radical (unpaired) electrons. The molecular formula is C19H23N3O5. The van der Waals surface area contributed by atoms with Gasteiger partial charge in [-0.3, -0.25) is 19.7 Å². The van der Waals surface area contributed by atoms with E-state index in [9.17, 15) is 19.2 Å². The van der Waals surface area contributed by atoms with Crippen LogP contribution in [0.5, 0.6) is 0 Å². The molecule has 0 spiro atoms. The Bertz CT molecular complexity index is 812. The maximum Gasteiger partial charge on any atom is 0.407 e. The third-order valence-electron chi connectivity index (χ3n) is 4.43. The molecule has 27 heavy (non-hydrogen) atoms. The van der Waals surface area contributed by atoms with Gasteiger partial charge in [-0.2, -0.15) is 0 Å². The van der Waals surface area contributed by atoms with Gasteiger partial charge in [-0.1, -0.05) is 12.1 Å². The third kappa shape index (κ3) is 4.27. The van der Waals surface area contributed by atoms with E-state index in [0.29, 0.717) is 18.5 Å². The molecule has 0 bridgehead atoms. The summed E-state index contributed by atoms with van der Waals surface area (Å²) in [6.45, 7) is 5.91. The van der Waals surface area contributed by atoms with Crippen LogP contribution in [0.2, 0.25) is 0 Å². The summed E-state index contributed by atoms with van der Waals surface area (Å²) < 4.78 is 5.19. The molecule has 0 aliphatic carbocycles. The molecule has 1 aromatic carbocycles. The lowest BCUT2D eigenvalue weighted by molar-refractivity contribution is -0.136. The Balaban J connectivity index is 1.67. The number of carbonyl (C=O) groups excluding carboxylic acids is 4. The smallest absolute Gasteiger partial charge is 0.407 e. The molecule has 8 nitrogen and oxygen atoms in total. The number of ether oxygens (including phenoxy) is 1. The number of alkyl carbamates (subject to hydrolysis) is 1. The molecule has 144 valence electrons. The number of amides is 4. The predicted molar refractivity (Wildman–Crippen MR) is 95.6 cm³/mol. The highest BCUT2D eigenvalue weighted by Crippen LogP contribution is 2.28. The van der Waals surface area contributed by atoms with E-state index >= 15 is 0 Å². The van der Waals surface area contributed by atoms with Gasteiger partial charge in [0.25, 0.3) is 5.91 Å². The second-order valence-corrected chi connectivity index (χ2v) is 7.75. The number of nitrogens with zero attached hydrogens (tertiary/aromatic N) is 1. The van der Waals surface area contributed by atoms with Crippen molar-refractivity contribution in [2.75, 3.05) is 0 Å². The Morgan fingerprint density at radius 2 is 2.04 bits per heavy atom. The molecule has 2 N–H and O–H groups in total. The van der Waals surface area contributed by atoms with E-state index in [1.165, 1.54) is 4.90 Å². The summed E-state index contributed by atoms with van der Waals surface area (Å²) in [4.78, 5) is 49.4. The van der Waals surface area contributed by atoms with Crippen molar-refractivity contribution in [2.45, 2.75) is 58.3 Å². The molecule has 2 heterocycles. The van der Waals surface area contributed by atoms with Crippen LogP contribution >= 0.6 is 0 Å². The molecule has 1 saturated heterocycles. The molecule has 1 unspecified atom stereocenters. The maximum absolute atomic E-state index is 12.8. The Morgan fingerprint density at radius 1 is 1.30 bits per heavy atom. The minimum atomic E-state index is -0.633. The second kappa shape index (κ2) is 7.02. The van der Waals surface area contributed by atoms with Crippen LogP contribution in [0.15, 0.2) is 18.2 Å². The lowest BCUT2D eigenvalue weighted by Gasteiger charge is -2.29. The predicted octanol–water partition coefficient (Wildman–Crippen LogP) is 1.47. The van der Waals surface area contributed by atoms with Crippen molar-refractivity contribution in [1.29, 1.82) is 0 Å². The van der Waals surface area contributed by atoms with Crippen molar-refractivity contribution in [3.05, 3.63) is 34.9 Å². The van der Waals surface area contributed by atoms with Crippen molar-refractivity contribution in [3.8, 4) is 0 Å². The van der Waals surface area contributed by atoms with E-state index in [1.807, 2.05) is 12.1 Å². The molecular weight excluding hydrogens is 350 g/mol. The van der Waals surface area contributed by atoms with Crippen molar-refractivity contribution in [2.24, 2.45) is 0 Å². The van der Waals surface area contributed by atoms with Gasteiger partial charge in [0, 0.05) is 25.1 Å². The highest BCUT2D eigenvalue weighted by atomic mass is 16.6. The van der Waals surface area contributed by atoms with E-state index in [4.69, 9.17) is 4.74 Å². The van der Waals surface area contributed by atoms with E-state index in [1.54, 1.807) is 26.8 Å².